The smallest absolute Gasteiger partial charge is 0.231 e. The molecule has 2 heterocycles. The molecule has 45 heavy (non-hydrogen) atoms. The van der Waals surface area contributed by atoms with E-state index in [-0.39, 0.29) is 31.0 Å². The number of hydrogen-bond donors (Lipinski definition) is 2. The summed E-state index contributed by atoms with van der Waals surface area (Å²) >= 11 is 0. The summed E-state index contributed by atoms with van der Waals surface area (Å²) < 4.78 is 11.5. The number of aromatic nitrogens is 2. The Bertz CT molecular complexity index is 2050. The van der Waals surface area contributed by atoms with Crippen LogP contribution in [-0.2, 0) is 19.5 Å². The molecule has 8 aromatic rings. The Kier molecular flexibility index (Phi) is 8.54. The van der Waals surface area contributed by atoms with Crippen LogP contribution in [0.25, 0.3) is 67.4 Å². The second-order valence-electron chi connectivity index (χ2n) is 10.2. The van der Waals surface area contributed by atoms with E-state index >= 15 is 0 Å². The Labute approximate surface area is 272 Å². The van der Waals surface area contributed by atoms with E-state index in [1.807, 2.05) is 84.9 Å². The number of rotatable bonds is 4. The van der Waals surface area contributed by atoms with E-state index in [2.05, 4.69) is 34.2 Å². The average Bonchev–Trinajstić information content (AvgIpc) is 3.70. The number of aromatic hydroxyl groups is 2. The van der Waals surface area contributed by atoms with Gasteiger partial charge in [-0.05, 0) is 70.8 Å². The van der Waals surface area contributed by atoms with Gasteiger partial charge in [0.2, 0.25) is 11.8 Å². The molecule has 0 saturated carbocycles. The molecule has 0 bridgehead atoms. The van der Waals surface area contributed by atoms with Crippen molar-refractivity contribution < 1.29 is 38.5 Å². The number of oxazole rings is 2. The van der Waals surface area contributed by atoms with E-state index in [9.17, 15) is 10.2 Å². The van der Waals surface area contributed by atoms with E-state index in [0.29, 0.717) is 34.1 Å². The normalized spacial score (nSPS) is 10.7. The SMILES string of the molecule is Oc1ccccc1-c1nc2cc(-c3ccccc3)ccc2o1.Oc1ccccc1-c1nc2cc(-c3ccccc3)ccc2o1.[Zn]. The molecule has 0 radical (unpaired) electrons. The van der Waals surface area contributed by atoms with Gasteiger partial charge in [0.15, 0.2) is 11.2 Å². The first-order chi connectivity index (χ1) is 21.6. The van der Waals surface area contributed by atoms with Crippen LogP contribution in [0.1, 0.15) is 0 Å². The van der Waals surface area contributed by atoms with Crippen LogP contribution in [0.4, 0.5) is 0 Å². The monoisotopic (exact) mass is 638 g/mol. The van der Waals surface area contributed by atoms with Gasteiger partial charge in [0.05, 0.1) is 11.1 Å². The summed E-state index contributed by atoms with van der Waals surface area (Å²) in [7, 11) is 0. The van der Waals surface area contributed by atoms with Gasteiger partial charge in [-0.3, -0.25) is 0 Å². The quantitative estimate of drug-likeness (QED) is 0.186. The van der Waals surface area contributed by atoms with Crippen LogP contribution in [0.3, 0.4) is 0 Å². The van der Waals surface area contributed by atoms with Crippen LogP contribution < -0.4 is 0 Å². The van der Waals surface area contributed by atoms with Gasteiger partial charge in [0, 0.05) is 19.5 Å². The molecule has 6 nitrogen and oxygen atoms in total. The summed E-state index contributed by atoms with van der Waals surface area (Å²) in [6.45, 7) is 0. The molecule has 214 valence electrons. The predicted molar refractivity (Wildman–Crippen MR) is 173 cm³/mol. The number of para-hydroxylation sites is 2. The standard InChI is InChI=1S/2C19H13NO2.Zn/c2*21-17-9-5-4-8-15(17)19-20-16-12-14(10-11-18(16)22-19)13-6-2-1-3-7-13;/h2*1-12,21H;. The van der Waals surface area contributed by atoms with Crippen LogP contribution >= 0.6 is 0 Å². The van der Waals surface area contributed by atoms with Crippen molar-refractivity contribution in [3.8, 4) is 56.7 Å². The maximum atomic E-state index is 9.92. The minimum Gasteiger partial charge on any atom is -0.507 e. The van der Waals surface area contributed by atoms with Gasteiger partial charge in [0.1, 0.15) is 22.5 Å². The van der Waals surface area contributed by atoms with Gasteiger partial charge >= 0.3 is 0 Å². The van der Waals surface area contributed by atoms with Crippen molar-refractivity contribution in [2.45, 2.75) is 0 Å². The number of fused-ring (bicyclic) bond motifs is 2. The molecule has 0 aliphatic heterocycles. The molecular formula is C38H26N2O4Zn. The van der Waals surface area contributed by atoms with E-state index in [4.69, 9.17) is 8.83 Å². The molecular weight excluding hydrogens is 614 g/mol. The first-order valence-corrected chi connectivity index (χ1v) is 14.1. The van der Waals surface area contributed by atoms with Crippen LogP contribution in [-0.4, -0.2) is 20.2 Å². The predicted octanol–water partition coefficient (Wildman–Crippen LogP) is 9.73. The molecule has 0 atom stereocenters. The molecule has 8 rings (SSSR count). The zero-order valence-corrected chi connectivity index (χ0v) is 27.1. The second-order valence-corrected chi connectivity index (χ2v) is 10.2. The van der Waals surface area contributed by atoms with Crippen molar-refractivity contribution in [2.75, 3.05) is 0 Å². The topological polar surface area (TPSA) is 92.5 Å². The zero-order chi connectivity index (χ0) is 29.9. The largest absolute Gasteiger partial charge is 0.507 e. The summed E-state index contributed by atoms with van der Waals surface area (Å²) in [5.74, 6) is 1.19. The summed E-state index contributed by atoms with van der Waals surface area (Å²) in [5.41, 5.74) is 8.61. The molecule has 0 aliphatic rings. The molecule has 7 heteroatoms. The fraction of sp³-hybridized carbons (Fsp3) is 0. The van der Waals surface area contributed by atoms with Crippen LogP contribution in [0.5, 0.6) is 11.5 Å². The minimum atomic E-state index is 0. The summed E-state index contributed by atoms with van der Waals surface area (Å²) in [4.78, 5) is 9.01. The van der Waals surface area contributed by atoms with E-state index < -0.39 is 0 Å². The maximum absolute atomic E-state index is 9.92. The minimum absolute atomic E-state index is 0. The number of benzene rings is 6. The van der Waals surface area contributed by atoms with Gasteiger partial charge in [0.25, 0.3) is 0 Å². The average molecular weight is 640 g/mol. The van der Waals surface area contributed by atoms with Gasteiger partial charge in [-0.15, -0.1) is 0 Å². The number of nitrogens with zero attached hydrogens (tertiary/aromatic N) is 2. The first-order valence-electron chi connectivity index (χ1n) is 14.1. The van der Waals surface area contributed by atoms with Crippen molar-refractivity contribution in [3.05, 3.63) is 146 Å². The Hall–Kier alpha value is -5.52. The fourth-order valence-electron chi connectivity index (χ4n) is 5.01. The molecule has 0 amide bonds. The van der Waals surface area contributed by atoms with Crippen molar-refractivity contribution in [1.29, 1.82) is 0 Å². The molecule has 0 fully saturated rings. The van der Waals surface area contributed by atoms with E-state index in [1.165, 1.54) is 0 Å². The molecule has 0 unspecified atom stereocenters. The van der Waals surface area contributed by atoms with Gasteiger partial charge < -0.3 is 19.0 Å². The Morgan fingerprint density at radius 1 is 0.400 bits per heavy atom. The van der Waals surface area contributed by atoms with Gasteiger partial charge in [-0.1, -0.05) is 97.1 Å². The molecule has 0 aliphatic carbocycles. The van der Waals surface area contributed by atoms with E-state index in [1.54, 1.807) is 36.4 Å². The van der Waals surface area contributed by atoms with Gasteiger partial charge in [-0.2, -0.15) is 0 Å². The third-order valence-electron chi connectivity index (χ3n) is 7.26. The van der Waals surface area contributed by atoms with Crippen LogP contribution in [0, 0.1) is 0 Å². The first kappa shape index (κ1) is 29.6. The van der Waals surface area contributed by atoms with Crippen LogP contribution in [0.2, 0.25) is 0 Å². The van der Waals surface area contributed by atoms with Crippen molar-refractivity contribution in [3.63, 3.8) is 0 Å². The zero-order valence-electron chi connectivity index (χ0n) is 24.2. The number of phenolic OH excluding ortho intramolecular Hbond substituents is 2. The number of hydrogen-bond acceptors (Lipinski definition) is 6. The Balaban J connectivity index is 0.000000155. The van der Waals surface area contributed by atoms with Crippen LogP contribution in [0.15, 0.2) is 154 Å². The molecule has 0 saturated heterocycles. The van der Waals surface area contributed by atoms with Crippen molar-refractivity contribution >= 4 is 22.2 Å². The third-order valence-corrected chi connectivity index (χ3v) is 7.26. The second kappa shape index (κ2) is 13.0. The maximum Gasteiger partial charge on any atom is 0.231 e. The summed E-state index contributed by atoms with van der Waals surface area (Å²) in [5, 5.41) is 19.8. The Morgan fingerprint density at radius 3 is 1.18 bits per heavy atom. The van der Waals surface area contributed by atoms with Gasteiger partial charge in [-0.25, -0.2) is 9.97 Å². The Morgan fingerprint density at radius 2 is 0.778 bits per heavy atom. The third kappa shape index (κ3) is 6.26. The van der Waals surface area contributed by atoms with Crippen molar-refractivity contribution in [2.24, 2.45) is 0 Å². The molecule has 6 aromatic carbocycles. The number of phenols is 2. The molecule has 2 N–H and O–H groups in total. The van der Waals surface area contributed by atoms with Crippen molar-refractivity contribution in [1.82, 2.24) is 9.97 Å². The summed E-state index contributed by atoms with van der Waals surface area (Å²) in [6.07, 6.45) is 0. The molecule has 0 spiro atoms. The summed E-state index contributed by atoms with van der Waals surface area (Å²) in [6, 6.07) is 46.2. The van der Waals surface area contributed by atoms with E-state index in [0.717, 1.165) is 33.3 Å². The molecule has 2 aromatic heterocycles. The fourth-order valence-corrected chi connectivity index (χ4v) is 5.01.